The number of rotatable bonds is 0. The Labute approximate surface area is 90.7 Å². The van der Waals surface area contributed by atoms with E-state index in [1.54, 1.807) is 6.92 Å². The second-order valence-electron chi connectivity index (χ2n) is 2.28. The zero-order valence-corrected chi connectivity index (χ0v) is 9.17. The van der Waals surface area contributed by atoms with E-state index in [0.717, 1.165) is 0 Å². The summed E-state index contributed by atoms with van der Waals surface area (Å²) in [5.74, 6) is -0.347. The summed E-state index contributed by atoms with van der Waals surface area (Å²) >= 11 is 0. The van der Waals surface area contributed by atoms with E-state index in [9.17, 15) is 9.59 Å². The first kappa shape index (κ1) is 11.0. The van der Waals surface area contributed by atoms with Gasteiger partial charge in [0.15, 0.2) is 5.78 Å². The van der Waals surface area contributed by atoms with Gasteiger partial charge >= 0.3 is 0 Å². The molecule has 0 spiro atoms. The molecule has 1 rings (SSSR count). The molecule has 11 heavy (non-hydrogen) atoms. The fourth-order valence-electron chi connectivity index (χ4n) is 0.756. The van der Waals surface area contributed by atoms with Crippen LogP contribution in [0.25, 0.3) is 0 Å². The number of hydrogen-bond acceptors (Lipinski definition) is 2. The van der Waals surface area contributed by atoms with Crippen molar-refractivity contribution >= 4 is 11.7 Å². The van der Waals surface area contributed by atoms with E-state index in [-0.39, 0.29) is 50.8 Å². The molecule has 0 aromatic rings. The van der Waals surface area contributed by atoms with Gasteiger partial charge in [-0.2, -0.15) is 0 Å². The summed E-state index contributed by atoms with van der Waals surface area (Å²) < 4.78 is 0. The number of hydrogen-bond donors (Lipinski definition) is 0. The molecule has 1 amide bonds. The maximum atomic E-state index is 10.8. The molecule has 3 nitrogen and oxygen atoms in total. The van der Waals surface area contributed by atoms with Gasteiger partial charge in [-0.15, -0.1) is 0 Å². The maximum Gasteiger partial charge on any atom is 0.204 e. The first-order valence-electron chi connectivity index (χ1n) is 2.95. The molecule has 0 fully saturated rings. The largest absolute Gasteiger partial charge is 0.473 e. The Morgan fingerprint density at radius 2 is 2.09 bits per heavy atom. The maximum absolute atomic E-state index is 10.8. The van der Waals surface area contributed by atoms with E-state index >= 15 is 0 Å². The third-order valence-corrected chi connectivity index (χ3v) is 1.42. The molecule has 1 aliphatic rings. The predicted molar refractivity (Wildman–Crippen MR) is 35.6 cm³/mol. The Hall–Kier alpha value is -0.0161. The molecule has 0 aromatic heterocycles. The Morgan fingerprint density at radius 3 is 2.55 bits per heavy atom. The zero-order chi connectivity index (χ0) is 7.72. The minimum absolute atomic E-state index is 0. The van der Waals surface area contributed by atoms with Gasteiger partial charge < -0.3 is 4.90 Å². The molecule has 1 heterocycles. The van der Waals surface area contributed by atoms with Crippen molar-refractivity contribution in [3.63, 3.8) is 0 Å². The summed E-state index contributed by atoms with van der Waals surface area (Å²) in [5.41, 5.74) is 0.592. The van der Waals surface area contributed by atoms with Gasteiger partial charge in [0.1, 0.15) is 0 Å². The molecule has 4 heteroatoms. The number of carbonyl (C=O) groups excluding carboxylic acids is 2. The molecule has 0 saturated carbocycles. The molecule has 57 valence electrons. The molecule has 0 aromatic carbocycles. The van der Waals surface area contributed by atoms with Crippen molar-refractivity contribution in [3.8, 4) is 0 Å². The molecule has 0 bridgehead atoms. The summed E-state index contributed by atoms with van der Waals surface area (Å²) in [6.07, 6.45) is 1.42. The van der Waals surface area contributed by atoms with Gasteiger partial charge in [0.2, 0.25) is 5.91 Å². The van der Waals surface area contributed by atoms with Crippen LogP contribution in [0.15, 0.2) is 11.8 Å². The zero-order valence-electron chi connectivity index (χ0n) is 6.33. The average Bonchev–Trinajstić information content (AvgIpc) is 1.84. The second kappa shape index (κ2) is 4.12. The van der Waals surface area contributed by atoms with Crippen LogP contribution in [0, 0.1) is 7.05 Å². The van der Waals surface area contributed by atoms with Crippen LogP contribution in [0.1, 0.15) is 13.3 Å². The van der Waals surface area contributed by atoms with Crippen LogP contribution in [0.3, 0.4) is 0 Å². The van der Waals surface area contributed by atoms with Crippen molar-refractivity contribution < 1.29 is 42.3 Å². The summed E-state index contributed by atoms with van der Waals surface area (Å²) in [4.78, 5) is 22.7. The van der Waals surface area contributed by atoms with Gasteiger partial charge in [0, 0.05) is 38.3 Å². The first-order valence-corrected chi connectivity index (χ1v) is 2.95. The SMILES string of the molecule is [CH2-]N1C=C(C)C(=O)CC1=O.[Y]. The average molecular weight is 227 g/mol. The molecule has 0 aliphatic carbocycles. The number of nitrogens with zero attached hydrogens (tertiary/aromatic N) is 1. The van der Waals surface area contributed by atoms with Crippen molar-refractivity contribution in [2.75, 3.05) is 0 Å². The normalized spacial score (nSPS) is 17.6. The Kier molecular flexibility index (Phi) is 4.11. The minimum atomic E-state index is -0.240. The van der Waals surface area contributed by atoms with Crippen LogP contribution in [0.4, 0.5) is 0 Å². The predicted octanol–water partition coefficient (Wildman–Crippen LogP) is 0.481. The number of amides is 1. The summed E-state index contributed by atoms with van der Waals surface area (Å²) in [6, 6.07) is 0. The van der Waals surface area contributed by atoms with Gasteiger partial charge in [0.25, 0.3) is 0 Å². The molecule has 0 atom stereocenters. The van der Waals surface area contributed by atoms with Gasteiger partial charge in [0.05, 0.1) is 6.42 Å². The molecule has 0 N–H and O–H groups in total. The number of allylic oxidation sites excluding steroid dienone is 1. The quantitative estimate of drug-likeness (QED) is 0.446. The number of ketones is 1. The summed E-state index contributed by atoms with van der Waals surface area (Å²) in [5, 5.41) is 0. The Morgan fingerprint density at radius 1 is 1.55 bits per heavy atom. The Balaban J connectivity index is 0.000001000. The molecule has 1 aliphatic heterocycles. The second-order valence-corrected chi connectivity index (χ2v) is 2.28. The van der Waals surface area contributed by atoms with E-state index in [0.29, 0.717) is 5.57 Å². The van der Waals surface area contributed by atoms with Crippen molar-refractivity contribution in [1.29, 1.82) is 0 Å². The van der Waals surface area contributed by atoms with Crippen LogP contribution < -0.4 is 0 Å². The molecule has 0 unspecified atom stereocenters. The first-order chi connectivity index (χ1) is 4.61. The standard InChI is InChI=1S/C7H8NO2.Y/c1-5-4-8(2)7(10)3-6(5)9;/h4H,2-3H2,1H3;/q-1;. The minimum Gasteiger partial charge on any atom is -0.473 e. The van der Waals surface area contributed by atoms with E-state index in [1.807, 2.05) is 0 Å². The van der Waals surface area contributed by atoms with E-state index < -0.39 is 0 Å². The van der Waals surface area contributed by atoms with Crippen molar-refractivity contribution in [2.45, 2.75) is 13.3 Å². The van der Waals surface area contributed by atoms with Gasteiger partial charge in [-0.25, -0.2) is 7.05 Å². The van der Waals surface area contributed by atoms with Crippen LogP contribution >= 0.6 is 0 Å². The molecule has 0 saturated heterocycles. The molecular formula is C7H8NO2Y-. The third-order valence-electron chi connectivity index (χ3n) is 1.42. The van der Waals surface area contributed by atoms with Crippen molar-refractivity contribution in [2.24, 2.45) is 0 Å². The van der Waals surface area contributed by atoms with E-state index in [4.69, 9.17) is 0 Å². The fraction of sp³-hybridized carbons (Fsp3) is 0.286. The fourth-order valence-corrected chi connectivity index (χ4v) is 0.756. The van der Waals surface area contributed by atoms with Gasteiger partial charge in [-0.1, -0.05) is 0 Å². The number of Topliss-reactive ketones (excluding diaryl/α,β-unsaturated/α-hetero) is 1. The van der Waals surface area contributed by atoms with E-state index in [1.165, 1.54) is 11.1 Å². The van der Waals surface area contributed by atoms with Crippen molar-refractivity contribution in [1.82, 2.24) is 4.90 Å². The smallest absolute Gasteiger partial charge is 0.204 e. The van der Waals surface area contributed by atoms with Crippen LogP contribution in [0.5, 0.6) is 0 Å². The van der Waals surface area contributed by atoms with Gasteiger partial charge in [-0.05, 0) is 13.1 Å². The Bertz CT molecular complexity index is 222. The van der Waals surface area contributed by atoms with Crippen LogP contribution in [0.2, 0.25) is 0 Å². The monoisotopic (exact) mass is 227 g/mol. The third kappa shape index (κ3) is 2.49. The van der Waals surface area contributed by atoms with E-state index in [2.05, 4.69) is 7.05 Å². The van der Waals surface area contributed by atoms with Crippen LogP contribution in [-0.4, -0.2) is 16.6 Å². The molecule has 1 radical (unpaired) electrons. The van der Waals surface area contributed by atoms with Crippen molar-refractivity contribution in [3.05, 3.63) is 18.8 Å². The summed E-state index contributed by atoms with van der Waals surface area (Å²) in [6.45, 7) is 1.67. The number of carbonyl (C=O) groups is 2. The topological polar surface area (TPSA) is 37.4 Å². The summed E-state index contributed by atoms with van der Waals surface area (Å²) in [7, 11) is 3.42. The molecular weight excluding hydrogens is 219 g/mol. The van der Waals surface area contributed by atoms with Crippen LogP contribution in [-0.2, 0) is 42.3 Å². The van der Waals surface area contributed by atoms with Gasteiger partial charge in [-0.3, -0.25) is 9.59 Å².